The molecule has 0 aliphatic heterocycles. The first-order valence-corrected chi connectivity index (χ1v) is 13.1. The average Bonchev–Trinajstić information content (AvgIpc) is 3.61. The first-order chi connectivity index (χ1) is 18.8. The van der Waals surface area contributed by atoms with Gasteiger partial charge in [-0.2, -0.15) is 15.3 Å². The summed E-state index contributed by atoms with van der Waals surface area (Å²) in [6, 6.07) is 17.6. The molecule has 0 saturated carbocycles. The molecule has 9 heteroatoms. The first-order valence-electron chi connectivity index (χ1n) is 13.1. The third kappa shape index (κ3) is 4.39. The van der Waals surface area contributed by atoms with Crippen LogP contribution in [0.2, 0.25) is 0 Å². The molecule has 6 aromatic rings. The quantitative estimate of drug-likeness (QED) is 0.318. The average molecular weight is 522 g/mol. The molecule has 0 amide bonds. The zero-order valence-electron chi connectivity index (χ0n) is 22.4. The summed E-state index contributed by atoms with van der Waals surface area (Å²) in [6.45, 7) is 6.33. The Hall–Kier alpha value is -4.34. The Morgan fingerprint density at radius 3 is 2.51 bits per heavy atom. The fraction of sp³-hybridized carbons (Fsp3) is 0.267. The Balaban J connectivity index is 1.48. The van der Waals surface area contributed by atoms with Crippen LogP contribution in [0.3, 0.4) is 0 Å². The Kier molecular flexibility index (Phi) is 6.25. The molecule has 2 N–H and O–H groups in total. The van der Waals surface area contributed by atoms with E-state index < -0.39 is 6.10 Å². The number of benzene rings is 2. The van der Waals surface area contributed by atoms with Gasteiger partial charge in [-0.05, 0) is 31.5 Å². The summed E-state index contributed by atoms with van der Waals surface area (Å²) < 4.78 is 5.47. The summed E-state index contributed by atoms with van der Waals surface area (Å²) in [5.74, 6) is -0.130. The number of pyridine rings is 1. The molecule has 198 valence electrons. The molecule has 4 aromatic heterocycles. The monoisotopic (exact) mass is 521 g/mol. The molecule has 0 spiro atoms. The standard InChI is InChI=1S/C30H31N7O2/c1-18(17-38)28-20(3)37(26-13-22-14-35(4)34-30(22)31-19(26)2)33-29(28)23-11-8-12-25-24(23)15-36(32-25)16-27(39)21-9-6-5-7-10-21/h5-15,18,27,38-39H,16-17H2,1-4H3/t18?,27-/m0/s1. The van der Waals surface area contributed by atoms with Crippen LogP contribution in [0.1, 0.15) is 41.5 Å². The van der Waals surface area contributed by atoms with Gasteiger partial charge in [-0.3, -0.25) is 9.36 Å². The van der Waals surface area contributed by atoms with Gasteiger partial charge in [-0.15, -0.1) is 0 Å². The van der Waals surface area contributed by atoms with Crippen molar-refractivity contribution in [1.29, 1.82) is 0 Å². The van der Waals surface area contributed by atoms with Gasteiger partial charge >= 0.3 is 0 Å². The number of hydrogen-bond donors (Lipinski definition) is 2. The summed E-state index contributed by atoms with van der Waals surface area (Å²) in [7, 11) is 1.88. The second kappa shape index (κ2) is 9.76. The summed E-state index contributed by atoms with van der Waals surface area (Å²) in [5, 5.41) is 37.1. The highest BCUT2D eigenvalue weighted by atomic mass is 16.3. The van der Waals surface area contributed by atoms with Crippen molar-refractivity contribution in [3.8, 4) is 16.9 Å². The Labute approximate surface area is 226 Å². The molecule has 0 bridgehead atoms. The van der Waals surface area contributed by atoms with Crippen LogP contribution in [0.15, 0.2) is 67.0 Å². The first kappa shape index (κ1) is 25.0. The van der Waals surface area contributed by atoms with Crippen molar-refractivity contribution < 1.29 is 10.2 Å². The van der Waals surface area contributed by atoms with Crippen LogP contribution in [0.25, 0.3) is 38.9 Å². The highest BCUT2D eigenvalue weighted by Gasteiger charge is 2.25. The van der Waals surface area contributed by atoms with Gasteiger partial charge in [0, 0.05) is 59.6 Å². The minimum atomic E-state index is -0.673. The largest absolute Gasteiger partial charge is 0.396 e. The topological polar surface area (TPSA) is 107 Å². The molecule has 0 fully saturated rings. The number of rotatable bonds is 7. The summed E-state index contributed by atoms with van der Waals surface area (Å²) in [5.41, 5.74) is 7.71. The van der Waals surface area contributed by atoms with E-state index in [2.05, 4.69) is 11.2 Å². The van der Waals surface area contributed by atoms with Crippen molar-refractivity contribution in [2.24, 2.45) is 7.05 Å². The lowest BCUT2D eigenvalue weighted by molar-refractivity contribution is 0.152. The van der Waals surface area contributed by atoms with Gasteiger partial charge in [-0.25, -0.2) is 9.67 Å². The number of aromatic nitrogens is 7. The zero-order chi connectivity index (χ0) is 27.3. The van der Waals surface area contributed by atoms with E-state index in [9.17, 15) is 10.2 Å². The van der Waals surface area contributed by atoms with E-state index in [1.807, 2.05) is 93.4 Å². The lowest BCUT2D eigenvalue weighted by Gasteiger charge is -2.11. The van der Waals surface area contributed by atoms with E-state index in [-0.39, 0.29) is 12.5 Å². The molecule has 0 saturated heterocycles. The molecule has 6 rings (SSSR count). The van der Waals surface area contributed by atoms with Crippen LogP contribution in [0, 0.1) is 13.8 Å². The summed E-state index contributed by atoms with van der Waals surface area (Å²) in [4.78, 5) is 4.72. The molecule has 39 heavy (non-hydrogen) atoms. The maximum absolute atomic E-state index is 10.8. The lowest BCUT2D eigenvalue weighted by atomic mass is 9.94. The molecule has 2 aromatic carbocycles. The number of aryl methyl sites for hydroxylation is 2. The van der Waals surface area contributed by atoms with Crippen molar-refractivity contribution in [3.05, 3.63) is 89.5 Å². The van der Waals surface area contributed by atoms with Gasteiger partial charge in [0.25, 0.3) is 0 Å². The van der Waals surface area contributed by atoms with Crippen molar-refractivity contribution >= 4 is 21.9 Å². The Morgan fingerprint density at radius 2 is 1.74 bits per heavy atom. The van der Waals surface area contributed by atoms with Crippen LogP contribution < -0.4 is 0 Å². The van der Waals surface area contributed by atoms with Gasteiger partial charge in [0.2, 0.25) is 0 Å². The van der Waals surface area contributed by atoms with Crippen LogP contribution in [-0.4, -0.2) is 51.1 Å². The minimum absolute atomic E-state index is 0.00306. The van der Waals surface area contributed by atoms with Gasteiger partial charge in [-0.1, -0.05) is 49.4 Å². The number of aliphatic hydroxyl groups excluding tert-OH is 2. The maximum atomic E-state index is 10.8. The molecule has 0 aliphatic carbocycles. The molecule has 2 atom stereocenters. The predicted octanol–water partition coefficient (Wildman–Crippen LogP) is 4.62. The van der Waals surface area contributed by atoms with E-state index in [4.69, 9.17) is 15.2 Å². The zero-order valence-corrected chi connectivity index (χ0v) is 22.4. The highest BCUT2D eigenvalue weighted by Crippen LogP contribution is 2.37. The third-order valence-corrected chi connectivity index (χ3v) is 7.33. The highest BCUT2D eigenvalue weighted by molar-refractivity contribution is 5.94. The fourth-order valence-corrected chi connectivity index (χ4v) is 5.35. The number of nitrogens with zero attached hydrogens (tertiary/aromatic N) is 7. The molecule has 0 aliphatic rings. The molecule has 4 heterocycles. The van der Waals surface area contributed by atoms with Gasteiger partial charge in [0.1, 0.15) is 0 Å². The van der Waals surface area contributed by atoms with Gasteiger partial charge in [0.05, 0.1) is 35.2 Å². The second-order valence-electron chi connectivity index (χ2n) is 10.2. The van der Waals surface area contributed by atoms with E-state index >= 15 is 0 Å². The fourth-order valence-electron chi connectivity index (χ4n) is 5.35. The number of hydrogen-bond acceptors (Lipinski definition) is 6. The normalized spacial score (nSPS) is 13.4. The van der Waals surface area contributed by atoms with Gasteiger partial charge in [0.15, 0.2) is 5.65 Å². The predicted molar refractivity (Wildman–Crippen MR) is 151 cm³/mol. The Morgan fingerprint density at radius 1 is 0.949 bits per heavy atom. The SMILES string of the molecule is Cc1nc2nn(C)cc2cc1-n1nc(-c2cccc3nn(C[C@H](O)c4ccccc4)cc23)c(C(C)CO)c1C. The van der Waals surface area contributed by atoms with Crippen molar-refractivity contribution in [1.82, 2.24) is 34.3 Å². The number of aliphatic hydroxyl groups is 2. The third-order valence-electron chi connectivity index (χ3n) is 7.33. The van der Waals surface area contributed by atoms with Gasteiger partial charge < -0.3 is 10.2 Å². The van der Waals surface area contributed by atoms with E-state index in [0.717, 1.165) is 55.7 Å². The second-order valence-corrected chi connectivity index (χ2v) is 10.2. The van der Waals surface area contributed by atoms with Crippen LogP contribution in [0.4, 0.5) is 0 Å². The summed E-state index contributed by atoms with van der Waals surface area (Å²) in [6.07, 6.45) is 3.24. The molecule has 0 radical (unpaired) electrons. The lowest BCUT2D eigenvalue weighted by Crippen LogP contribution is -2.08. The minimum Gasteiger partial charge on any atom is -0.396 e. The van der Waals surface area contributed by atoms with Crippen LogP contribution in [0.5, 0.6) is 0 Å². The van der Waals surface area contributed by atoms with E-state index in [1.165, 1.54) is 0 Å². The van der Waals surface area contributed by atoms with Crippen molar-refractivity contribution in [2.45, 2.75) is 39.3 Å². The van der Waals surface area contributed by atoms with Crippen LogP contribution in [-0.2, 0) is 13.6 Å². The number of fused-ring (bicyclic) bond motifs is 2. The van der Waals surface area contributed by atoms with E-state index in [0.29, 0.717) is 12.2 Å². The maximum Gasteiger partial charge on any atom is 0.181 e. The van der Waals surface area contributed by atoms with Crippen molar-refractivity contribution in [2.75, 3.05) is 6.61 Å². The Bertz CT molecular complexity index is 1800. The molecular weight excluding hydrogens is 490 g/mol. The van der Waals surface area contributed by atoms with E-state index in [1.54, 1.807) is 9.36 Å². The van der Waals surface area contributed by atoms with Crippen LogP contribution >= 0.6 is 0 Å². The molecule has 9 nitrogen and oxygen atoms in total. The molecule has 1 unspecified atom stereocenters. The summed E-state index contributed by atoms with van der Waals surface area (Å²) >= 11 is 0. The smallest absolute Gasteiger partial charge is 0.181 e. The van der Waals surface area contributed by atoms with Crippen molar-refractivity contribution in [3.63, 3.8) is 0 Å². The molecular formula is C30H31N7O2.